The Balaban J connectivity index is 2.46. The molecule has 0 spiro atoms. The summed E-state index contributed by atoms with van der Waals surface area (Å²) in [5, 5.41) is 0. The lowest BCUT2D eigenvalue weighted by Gasteiger charge is -2.22. The van der Waals surface area contributed by atoms with E-state index in [0.29, 0.717) is 5.41 Å². The largest absolute Gasteiger partial charge is 0.0783 e. The van der Waals surface area contributed by atoms with Crippen molar-refractivity contribution < 1.29 is 0 Å². The van der Waals surface area contributed by atoms with Crippen LogP contribution >= 0.6 is 0 Å². The van der Waals surface area contributed by atoms with Crippen molar-refractivity contribution in [2.24, 2.45) is 11.3 Å². The van der Waals surface area contributed by atoms with Gasteiger partial charge in [0.1, 0.15) is 0 Å². The third-order valence-corrected chi connectivity index (χ3v) is 3.59. The summed E-state index contributed by atoms with van der Waals surface area (Å²) >= 11 is 0. The van der Waals surface area contributed by atoms with Crippen LogP contribution in [0.5, 0.6) is 0 Å². The Morgan fingerprint density at radius 2 is 1.78 bits per heavy atom. The zero-order valence-corrected chi connectivity index (χ0v) is 12.4. The zero-order chi connectivity index (χ0) is 13.4. The van der Waals surface area contributed by atoms with Gasteiger partial charge in [-0.3, -0.25) is 0 Å². The molecule has 100 valence electrons. The first-order valence-electron chi connectivity index (χ1n) is 7.28. The van der Waals surface area contributed by atoms with Crippen molar-refractivity contribution in [1.82, 2.24) is 0 Å². The molecule has 0 saturated carbocycles. The average molecular weight is 244 g/mol. The third kappa shape index (κ3) is 6.05. The highest BCUT2D eigenvalue weighted by Gasteiger charge is 2.15. The fourth-order valence-corrected chi connectivity index (χ4v) is 2.22. The maximum absolute atomic E-state index is 2.38. The molecular formula is C18H28. The highest BCUT2D eigenvalue weighted by atomic mass is 14.2. The van der Waals surface area contributed by atoms with Crippen molar-refractivity contribution in [3.63, 3.8) is 0 Å². The van der Waals surface area contributed by atoms with E-state index in [-0.39, 0.29) is 0 Å². The molecule has 0 aliphatic heterocycles. The minimum Gasteiger partial charge on any atom is -0.0783 e. The van der Waals surface area contributed by atoms with Crippen LogP contribution in [0.1, 0.15) is 58.9 Å². The van der Waals surface area contributed by atoms with Crippen molar-refractivity contribution in [2.75, 3.05) is 0 Å². The van der Waals surface area contributed by atoms with Crippen LogP contribution in [-0.2, 0) is 0 Å². The molecule has 1 rings (SSSR count). The van der Waals surface area contributed by atoms with Crippen molar-refractivity contribution >= 4 is 6.08 Å². The lowest BCUT2D eigenvalue weighted by Crippen LogP contribution is -2.09. The van der Waals surface area contributed by atoms with Crippen molar-refractivity contribution in [1.29, 1.82) is 0 Å². The van der Waals surface area contributed by atoms with Crippen LogP contribution < -0.4 is 0 Å². The van der Waals surface area contributed by atoms with Crippen molar-refractivity contribution in [3.05, 3.63) is 42.0 Å². The highest BCUT2D eigenvalue weighted by molar-refractivity contribution is 5.49. The summed E-state index contributed by atoms with van der Waals surface area (Å²) in [6.07, 6.45) is 9.89. The Morgan fingerprint density at radius 1 is 1.11 bits per heavy atom. The topological polar surface area (TPSA) is 0 Å². The average Bonchev–Trinajstić information content (AvgIpc) is 2.36. The Hall–Kier alpha value is -1.04. The summed E-state index contributed by atoms with van der Waals surface area (Å²) in [4.78, 5) is 0. The molecule has 0 bridgehead atoms. The summed E-state index contributed by atoms with van der Waals surface area (Å²) < 4.78 is 0. The highest BCUT2D eigenvalue weighted by Crippen LogP contribution is 2.28. The first-order valence-corrected chi connectivity index (χ1v) is 7.28. The van der Waals surface area contributed by atoms with Gasteiger partial charge >= 0.3 is 0 Å². The fraction of sp³-hybridized carbons (Fsp3) is 0.556. The second-order valence-corrected chi connectivity index (χ2v) is 6.17. The van der Waals surface area contributed by atoms with E-state index in [4.69, 9.17) is 0 Å². The number of benzene rings is 1. The molecule has 0 nitrogen and oxygen atoms in total. The molecule has 0 N–H and O–H groups in total. The van der Waals surface area contributed by atoms with Gasteiger partial charge in [-0.2, -0.15) is 0 Å². The van der Waals surface area contributed by atoms with E-state index in [1.165, 1.54) is 31.2 Å². The molecule has 1 aromatic rings. The van der Waals surface area contributed by atoms with Crippen LogP contribution in [0.15, 0.2) is 36.4 Å². The SMILES string of the molecule is CCCC(C)CCC(C)(C)/C=C/c1ccccc1. The second-order valence-electron chi connectivity index (χ2n) is 6.17. The van der Waals surface area contributed by atoms with E-state index < -0.39 is 0 Å². The smallest absolute Gasteiger partial charge is 0.0171 e. The molecular weight excluding hydrogens is 216 g/mol. The molecule has 1 atom stereocenters. The molecule has 1 aromatic carbocycles. The Kier molecular flexibility index (Phi) is 6.18. The number of rotatable bonds is 7. The van der Waals surface area contributed by atoms with Crippen molar-refractivity contribution in [3.8, 4) is 0 Å². The normalized spacial score (nSPS) is 14.0. The Bertz CT molecular complexity index is 346. The van der Waals surface area contributed by atoms with Gasteiger partial charge in [0.05, 0.1) is 0 Å². The molecule has 0 heterocycles. The summed E-state index contributed by atoms with van der Waals surface area (Å²) in [6, 6.07) is 10.6. The van der Waals surface area contributed by atoms with E-state index in [9.17, 15) is 0 Å². The predicted molar refractivity (Wildman–Crippen MR) is 82.6 cm³/mol. The predicted octanol–water partition coefficient (Wildman–Crippen LogP) is 5.94. The van der Waals surface area contributed by atoms with Gasteiger partial charge < -0.3 is 0 Å². The van der Waals surface area contributed by atoms with E-state index in [1.54, 1.807) is 0 Å². The molecule has 0 saturated heterocycles. The molecule has 0 aliphatic rings. The van der Waals surface area contributed by atoms with Crippen LogP contribution in [0.25, 0.3) is 6.08 Å². The minimum absolute atomic E-state index is 0.303. The molecule has 1 unspecified atom stereocenters. The molecule has 18 heavy (non-hydrogen) atoms. The van der Waals surface area contributed by atoms with E-state index in [2.05, 4.69) is 70.2 Å². The summed E-state index contributed by atoms with van der Waals surface area (Å²) in [5.41, 5.74) is 1.60. The van der Waals surface area contributed by atoms with Crippen LogP contribution in [0.4, 0.5) is 0 Å². The first kappa shape index (κ1) is 15.0. The molecule has 0 aromatic heterocycles. The number of hydrogen-bond acceptors (Lipinski definition) is 0. The third-order valence-electron chi connectivity index (χ3n) is 3.59. The van der Waals surface area contributed by atoms with Crippen LogP contribution in [0, 0.1) is 11.3 Å². The van der Waals surface area contributed by atoms with Crippen LogP contribution in [0.3, 0.4) is 0 Å². The minimum atomic E-state index is 0.303. The van der Waals surface area contributed by atoms with Gasteiger partial charge in [0.15, 0.2) is 0 Å². The molecule has 0 radical (unpaired) electrons. The van der Waals surface area contributed by atoms with Gasteiger partial charge in [0.25, 0.3) is 0 Å². The van der Waals surface area contributed by atoms with E-state index in [1.807, 2.05) is 0 Å². The standard InChI is InChI=1S/C18H28/c1-5-9-16(2)12-14-18(3,4)15-13-17-10-7-6-8-11-17/h6-8,10-11,13,15-16H,5,9,12,14H2,1-4H3/b15-13+. The summed E-state index contributed by atoms with van der Waals surface area (Å²) in [5.74, 6) is 0.861. The van der Waals surface area contributed by atoms with Gasteiger partial charge in [-0.15, -0.1) is 0 Å². The molecule has 0 aliphatic carbocycles. The number of allylic oxidation sites excluding steroid dienone is 1. The zero-order valence-electron chi connectivity index (χ0n) is 12.4. The lowest BCUT2D eigenvalue weighted by molar-refractivity contribution is 0.361. The van der Waals surface area contributed by atoms with E-state index >= 15 is 0 Å². The van der Waals surface area contributed by atoms with Gasteiger partial charge in [-0.05, 0) is 29.7 Å². The van der Waals surface area contributed by atoms with Crippen LogP contribution in [0.2, 0.25) is 0 Å². The molecule has 0 heteroatoms. The van der Waals surface area contributed by atoms with Gasteiger partial charge in [0.2, 0.25) is 0 Å². The van der Waals surface area contributed by atoms with Crippen LogP contribution in [-0.4, -0.2) is 0 Å². The fourth-order valence-electron chi connectivity index (χ4n) is 2.22. The molecule has 0 amide bonds. The Labute approximate surface area is 113 Å². The first-order chi connectivity index (χ1) is 8.53. The van der Waals surface area contributed by atoms with Crippen molar-refractivity contribution in [2.45, 2.75) is 53.4 Å². The number of hydrogen-bond donors (Lipinski definition) is 0. The van der Waals surface area contributed by atoms with E-state index in [0.717, 1.165) is 5.92 Å². The summed E-state index contributed by atoms with van der Waals surface area (Å²) in [6.45, 7) is 9.33. The summed E-state index contributed by atoms with van der Waals surface area (Å²) in [7, 11) is 0. The molecule has 0 fully saturated rings. The Morgan fingerprint density at radius 3 is 2.39 bits per heavy atom. The van der Waals surface area contributed by atoms with Gasteiger partial charge in [-0.25, -0.2) is 0 Å². The second kappa shape index (κ2) is 7.41. The quantitative estimate of drug-likeness (QED) is 0.556. The maximum atomic E-state index is 2.38. The monoisotopic (exact) mass is 244 g/mol. The van der Waals surface area contributed by atoms with Gasteiger partial charge in [0, 0.05) is 0 Å². The van der Waals surface area contributed by atoms with Gasteiger partial charge in [-0.1, -0.05) is 83.0 Å². The lowest BCUT2D eigenvalue weighted by atomic mass is 9.83. The maximum Gasteiger partial charge on any atom is -0.0171 e.